The van der Waals surface area contributed by atoms with Crippen LogP contribution in [0, 0.1) is 0 Å². The molecule has 0 unspecified atom stereocenters. The number of halogens is 1. The molecule has 1 heterocycles. The van der Waals surface area contributed by atoms with Crippen LogP contribution in [0.2, 0.25) is 6.82 Å². The average Bonchev–Trinajstić information content (AvgIpc) is 2.31. The van der Waals surface area contributed by atoms with Crippen molar-refractivity contribution in [2.45, 2.75) is 25.5 Å². The number of hydrogen-bond donors (Lipinski definition) is 2. The van der Waals surface area contributed by atoms with Gasteiger partial charge in [-0.25, -0.2) is 4.39 Å². The number of carboxylic acid groups (broad SMARTS) is 1. The number of alkyl halides is 1. The Morgan fingerprint density at radius 3 is 2.67 bits per heavy atom. The maximum Gasteiger partial charge on any atom is 0.377 e. The van der Waals surface area contributed by atoms with Crippen LogP contribution in [0.1, 0.15) is 6.42 Å². The fraction of sp³-hybridized carbons (Fsp3) is 0.833. The van der Waals surface area contributed by atoms with Gasteiger partial charge in [-0.3, -0.25) is 4.79 Å². The number of rotatable bonds is 2. The summed E-state index contributed by atoms with van der Waals surface area (Å²) in [4.78, 5) is 11.8. The highest BCUT2D eigenvalue weighted by Crippen LogP contribution is 2.20. The molecule has 1 saturated heterocycles. The van der Waals surface area contributed by atoms with Crippen molar-refractivity contribution in [3.05, 3.63) is 0 Å². The van der Waals surface area contributed by atoms with Crippen molar-refractivity contribution in [2.24, 2.45) is 0 Å². The molecule has 1 fully saturated rings. The van der Waals surface area contributed by atoms with E-state index >= 15 is 0 Å². The fourth-order valence-electron chi connectivity index (χ4n) is 1.46. The van der Waals surface area contributed by atoms with Crippen LogP contribution in [-0.2, 0) is 4.79 Å². The molecule has 6 heteroatoms. The Morgan fingerprint density at radius 1 is 1.75 bits per heavy atom. The van der Waals surface area contributed by atoms with Gasteiger partial charge in [-0.15, -0.1) is 0 Å². The van der Waals surface area contributed by atoms with Crippen LogP contribution in [0.25, 0.3) is 0 Å². The third-order valence-electron chi connectivity index (χ3n) is 2.05. The number of aliphatic carboxylic acids is 1. The second-order valence-electron chi connectivity index (χ2n) is 3.02. The van der Waals surface area contributed by atoms with Crippen LogP contribution in [0.5, 0.6) is 0 Å². The molecule has 0 aromatic carbocycles. The van der Waals surface area contributed by atoms with E-state index in [0.29, 0.717) is 0 Å². The second kappa shape index (κ2) is 3.41. The van der Waals surface area contributed by atoms with E-state index in [-0.39, 0.29) is 13.0 Å². The predicted molar refractivity (Wildman–Crippen MR) is 41.5 cm³/mol. The average molecular weight is 175 g/mol. The maximum absolute atomic E-state index is 12.7. The van der Waals surface area contributed by atoms with Crippen molar-refractivity contribution in [1.82, 2.24) is 4.81 Å². The molecule has 1 rings (SSSR count). The summed E-state index contributed by atoms with van der Waals surface area (Å²) in [6.07, 6.45) is -1.17. The zero-order valence-corrected chi connectivity index (χ0v) is 6.77. The summed E-state index contributed by atoms with van der Waals surface area (Å²) in [5.41, 5.74) is 0. The third-order valence-corrected chi connectivity index (χ3v) is 2.05. The van der Waals surface area contributed by atoms with E-state index in [1.807, 2.05) is 0 Å². The van der Waals surface area contributed by atoms with Gasteiger partial charge in [0.05, 0.1) is 0 Å². The molecule has 0 saturated carbocycles. The van der Waals surface area contributed by atoms with Gasteiger partial charge in [0, 0.05) is 13.0 Å². The van der Waals surface area contributed by atoms with Gasteiger partial charge in [0.25, 0.3) is 0 Å². The lowest BCUT2D eigenvalue weighted by Gasteiger charge is -2.20. The molecule has 0 aromatic rings. The summed E-state index contributed by atoms with van der Waals surface area (Å²) in [5, 5.41) is 17.7. The van der Waals surface area contributed by atoms with Crippen LogP contribution < -0.4 is 0 Å². The Labute approximate surface area is 70.1 Å². The van der Waals surface area contributed by atoms with Crippen LogP contribution in [0.3, 0.4) is 0 Å². The van der Waals surface area contributed by atoms with E-state index in [9.17, 15) is 9.18 Å². The topological polar surface area (TPSA) is 60.8 Å². The molecular weight excluding hydrogens is 164 g/mol. The van der Waals surface area contributed by atoms with Crippen LogP contribution in [0.15, 0.2) is 0 Å². The molecule has 1 aliphatic heterocycles. The SMILES string of the molecule is CB(O)N1C[C@H](F)C[C@H]1C(=O)O. The van der Waals surface area contributed by atoms with Crippen LogP contribution in [0.4, 0.5) is 4.39 Å². The minimum atomic E-state index is -1.14. The summed E-state index contributed by atoms with van der Waals surface area (Å²) in [6.45, 7) is 1.45. The zero-order chi connectivity index (χ0) is 9.30. The van der Waals surface area contributed by atoms with E-state index in [4.69, 9.17) is 10.1 Å². The molecule has 0 aliphatic carbocycles. The highest BCUT2D eigenvalue weighted by Gasteiger charge is 2.40. The Hall–Kier alpha value is -0.615. The van der Waals surface area contributed by atoms with E-state index in [1.165, 1.54) is 11.6 Å². The highest BCUT2D eigenvalue weighted by atomic mass is 19.1. The molecule has 0 bridgehead atoms. The second-order valence-corrected chi connectivity index (χ2v) is 3.02. The fourth-order valence-corrected chi connectivity index (χ4v) is 1.46. The molecule has 0 spiro atoms. The molecular formula is C6H11BFNO3. The summed E-state index contributed by atoms with van der Waals surface area (Å²) in [6, 6.07) is -0.875. The first-order chi connectivity index (χ1) is 5.52. The van der Waals surface area contributed by atoms with Crippen molar-refractivity contribution in [3.8, 4) is 0 Å². The van der Waals surface area contributed by atoms with Gasteiger partial charge < -0.3 is 14.9 Å². The normalized spacial score (nSPS) is 30.6. The summed E-state index contributed by atoms with van der Waals surface area (Å²) in [5.74, 6) is -1.07. The molecule has 1 aliphatic rings. The van der Waals surface area contributed by atoms with E-state index in [2.05, 4.69) is 0 Å². The smallest absolute Gasteiger partial charge is 0.377 e. The molecule has 4 nitrogen and oxygen atoms in total. The van der Waals surface area contributed by atoms with Gasteiger partial charge in [0.2, 0.25) is 0 Å². The lowest BCUT2D eigenvalue weighted by atomic mass is 9.84. The zero-order valence-electron chi connectivity index (χ0n) is 6.77. The van der Waals surface area contributed by atoms with Gasteiger partial charge in [-0.2, -0.15) is 0 Å². The van der Waals surface area contributed by atoms with Crippen molar-refractivity contribution < 1.29 is 19.3 Å². The molecule has 0 radical (unpaired) electrons. The Bertz CT molecular complexity index is 190. The number of carbonyl (C=O) groups is 1. The van der Waals surface area contributed by atoms with E-state index < -0.39 is 25.2 Å². The van der Waals surface area contributed by atoms with Gasteiger partial charge in [0.1, 0.15) is 12.2 Å². The van der Waals surface area contributed by atoms with Crippen molar-refractivity contribution in [3.63, 3.8) is 0 Å². The Morgan fingerprint density at radius 2 is 2.33 bits per heavy atom. The number of hydrogen-bond acceptors (Lipinski definition) is 3. The van der Waals surface area contributed by atoms with Crippen molar-refractivity contribution >= 4 is 13.0 Å². The minimum absolute atomic E-state index is 0.00856. The lowest BCUT2D eigenvalue weighted by molar-refractivity contribution is -0.141. The number of nitrogens with zero attached hydrogens (tertiary/aromatic N) is 1. The van der Waals surface area contributed by atoms with Crippen LogP contribution >= 0.6 is 0 Å². The van der Waals surface area contributed by atoms with E-state index in [0.717, 1.165) is 0 Å². The Kier molecular flexibility index (Phi) is 2.69. The summed E-state index contributed by atoms with van der Waals surface area (Å²) < 4.78 is 12.7. The van der Waals surface area contributed by atoms with Crippen molar-refractivity contribution in [2.75, 3.05) is 6.54 Å². The molecule has 0 amide bonds. The quantitative estimate of drug-likeness (QED) is 0.560. The predicted octanol–water partition coefficient (Wildman–Crippen LogP) is -0.406. The van der Waals surface area contributed by atoms with Gasteiger partial charge in [0.15, 0.2) is 0 Å². The first kappa shape index (κ1) is 9.47. The third kappa shape index (κ3) is 1.76. The van der Waals surface area contributed by atoms with E-state index in [1.54, 1.807) is 0 Å². The number of carboxylic acids is 1. The minimum Gasteiger partial charge on any atom is -0.480 e. The monoisotopic (exact) mass is 175 g/mol. The summed E-state index contributed by atoms with van der Waals surface area (Å²) >= 11 is 0. The van der Waals surface area contributed by atoms with Crippen LogP contribution in [-0.4, -0.2) is 46.7 Å². The maximum atomic E-state index is 12.7. The molecule has 68 valence electrons. The molecule has 12 heavy (non-hydrogen) atoms. The first-order valence-corrected chi connectivity index (χ1v) is 3.83. The largest absolute Gasteiger partial charge is 0.480 e. The van der Waals surface area contributed by atoms with Gasteiger partial charge in [-0.05, 0) is 6.82 Å². The van der Waals surface area contributed by atoms with Crippen molar-refractivity contribution in [1.29, 1.82) is 0 Å². The lowest BCUT2D eigenvalue weighted by Crippen LogP contribution is -2.44. The first-order valence-electron chi connectivity index (χ1n) is 3.83. The molecule has 2 atom stereocenters. The summed E-state index contributed by atoms with van der Waals surface area (Å²) in [7, 11) is -0.896. The molecule has 2 N–H and O–H groups in total. The standard InChI is InChI=1S/C6H11BFNO3/c1-7(12)9-3-4(8)2-5(9)6(10)11/h4-5,12H,2-3H2,1H3,(H,10,11)/t4-,5+/m1/s1. The Balaban J connectivity index is 2.65. The van der Waals surface area contributed by atoms with Gasteiger partial charge in [-0.1, -0.05) is 0 Å². The molecule has 0 aromatic heterocycles. The van der Waals surface area contributed by atoms with Gasteiger partial charge >= 0.3 is 13.0 Å². The highest BCUT2D eigenvalue weighted by molar-refractivity contribution is 6.45.